The molecule has 0 radical (unpaired) electrons. The highest BCUT2D eigenvalue weighted by atomic mass is 28.4. The Balaban J connectivity index is 1.41. The van der Waals surface area contributed by atoms with Crippen molar-refractivity contribution in [3.05, 3.63) is 132 Å². The van der Waals surface area contributed by atoms with E-state index < -0.39 is 14.1 Å². The number of hydrogen-bond acceptors (Lipinski definition) is 5. The average Bonchev–Trinajstić information content (AvgIpc) is 3.35. The van der Waals surface area contributed by atoms with Crippen molar-refractivity contribution < 1.29 is 18.6 Å². The first-order valence-corrected chi connectivity index (χ1v) is 18.1. The van der Waals surface area contributed by atoms with Crippen LogP contribution in [0, 0.1) is 0 Å². The van der Waals surface area contributed by atoms with Gasteiger partial charge in [-0.15, -0.1) is 0 Å². The van der Waals surface area contributed by atoms with E-state index in [0.717, 1.165) is 18.7 Å². The number of benzene rings is 4. The fourth-order valence-electron chi connectivity index (χ4n) is 7.22. The Morgan fingerprint density at radius 1 is 0.733 bits per heavy atom. The predicted molar refractivity (Wildman–Crippen MR) is 183 cm³/mol. The molecule has 236 valence electrons. The maximum atomic E-state index is 7.58. The van der Waals surface area contributed by atoms with Gasteiger partial charge < -0.3 is 18.6 Å². The van der Waals surface area contributed by atoms with Crippen LogP contribution in [0.25, 0.3) is 0 Å². The highest BCUT2D eigenvalue weighted by Gasteiger charge is 2.55. The molecule has 0 amide bonds. The molecule has 2 aliphatic heterocycles. The Kier molecular flexibility index (Phi) is 9.43. The summed E-state index contributed by atoms with van der Waals surface area (Å²) in [7, 11) is -2.79. The molecule has 45 heavy (non-hydrogen) atoms. The second-order valence-electron chi connectivity index (χ2n) is 13.9. The Bertz CT molecular complexity index is 1450. The molecule has 0 spiro atoms. The zero-order valence-corrected chi connectivity index (χ0v) is 28.3. The van der Waals surface area contributed by atoms with Crippen LogP contribution < -0.4 is 10.4 Å². The van der Waals surface area contributed by atoms with Gasteiger partial charge in [-0.25, -0.2) is 0 Å². The summed E-state index contributed by atoms with van der Waals surface area (Å²) in [6, 6.07) is 42.8. The Morgan fingerprint density at radius 2 is 1.24 bits per heavy atom. The van der Waals surface area contributed by atoms with Gasteiger partial charge in [0.2, 0.25) is 0 Å². The van der Waals surface area contributed by atoms with Crippen LogP contribution in [-0.2, 0) is 31.8 Å². The topological polar surface area (TPSA) is 40.2 Å². The largest absolute Gasteiger partial charge is 0.406 e. The zero-order chi connectivity index (χ0) is 31.5. The second kappa shape index (κ2) is 13.3. The first kappa shape index (κ1) is 31.9. The molecule has 2 saturated heterocycles. The van der Waals surface area contributed by atoms with Gasteiger partial charge in [0.25, 0.3) is 8.32 Å². The maximum absolute atomic E-state index is 7.58. The standard InChI is InChI=1S/C39H47NO4Si/c1-38(2,3)45(32-22-14-8-15-23-32,33-24-16-9-17-25-33)42-29-34-36(41-28-31-20-12-7-13-21-31)37-35(43-39(4,5)44-37)27-40(34)26-30-18-10-6-11-19-30/h6-25,34-37H,26-29H2,1-5H3/t34-,35+,36-,37-/m1/s1. The minimum atomic E-state index is -2.79. The van der Waals surface area contributed by atoms with Crippen LogP contribution in [-0.4, -0.2) is 56.5 Å². The average molecular weight is 622 g/mol. The van der Waals surface area contributed by atoms with Gasteiger partial charge in [0.15, 0.2) is 5.79 Å². The molecule has 4 aromatic carbocycles. The summed E-state index contributed by atoms with van der Waals surface area (Å²) < 4.78 is 27.6. The van der Waals surface area contributed by atoms with E-state index in [1.165, 1.54) is 15.9 Å². The van der Waals surface area contributed by atoms with Gasteiger partial charge in [-0.05, 0) is 40.4 Å². The fraction of sp³-hybridized carbons (Fsp3) is 0.385. The third-order valence-electron chi connectivity index (χ3n) is 9.21. The minimum Gasteiger partial charge on any atom is -0.406 e. The lowest BCUT2D eigenvalue weighted by atomic mass is 9.93. The highest BCUT2D eigenvalue weighted by molar-refractivity contribution is 6.99. The van der Waals surface area contributed by atoms with Crippen molar-refractivity contribution in [2.75, 3.05) is 13.2 Å². The smallest absolute Gasteiger partial charge is 0.261 e. The van der Waals surface area contributed by atoms with E-state index in [-0.39, 0.29) is 29.4 Å². The molecule has 2 aliphatic rings. The van der Waals surface area contributed by atoms with Crippen molar-refractivity contribution in [1.82, 2.24) is 4.90 Å². The molecule has 0 aromatic heterocycles. The van der Waals surface area contributed by atoms with Gasteiger partial charge in [0.05, 0.1) is 19.3 Å². The van der Waals surface area contributed by atoms with Crippen LogP contribution in [0.1, 0.15) is 45.7 Å². The van der Waals surface area contributed by atoms with Crippen LogP contribution >= 0.6 is 0 Å². The van der Waals surface area contributed by atoms with E-state index in [9.17, 15) is 0 Å². The summed E-state index contributed by atoms with van der Waals surface area (Å²) in [4.78, 5) is 2.51. The lowest BCUT2D eigenvalue weighted by molar-refractivity contribution is -0.166. The summed E-state index contributed by atoms with van der Waals surface area (Å²) in [5.41, 5.74) is 2.39. The van der Waals surface area contributed by atoms with Gasteiger partial charge in [-0.3, -0.25) is 4.90 Å². The fourth-order valence-corrected chi connectivity index (χ4v) is 11.8. The van der Waals surface area contributed by atoms with Crippen LogP contribution in [0.4, 0.5) is 0 Å². The molecule has 6 heteroatoms. The molecule has 4 aromatic rings. The van der Waals surface area contributed by atoms with Crippen molar-refractivity contribution >= 4 is 18.7 Å². The predicted octanol–water partition coefficient (Wildman–Crippen LogP) is 6.55. The van der Waals surface area contributed by atoms with Crippen molar-refractivity contribution in [3.63, 3.8) is 0 Å². The van der Waals surface area contributed by atoms with Crippen molar-refractivity contribution in [2.45, 2.75) is 82.9 Å². The Labute approximate surface area is 270 Å². The quantitative estimate of drug-likeness (QED) is 0.188. The number of rotatable bonds is 10. The molecule has 0 unspecified atom stereocenters. The summed E-state index contributed by atoms with van der Waals surface area (Å²) in [5, 5.41) is 2.41. The normalized spacial score (nSPS) is 23.5. The number of ether oxygens (including phenoxy) is 3. The molecule has 2 heterocycles. The van der Waals surface area contributed by atoms with Gasteiger partial charge >= 0.3 is 0 Å². The number of likely N-dealkylation sites (tertiary alicyclic amines) is 1. The third-order valence-corrected chi connectivity index (χ3v) is 14.2. The number of fused-ring (bicyclic) bond motifs is 1. The molecule has 6 rings (SSSR count). The van der Waals surface area contributed by atoms with Gasteiger partial charge in [-0.2, -0.15) is 0 Å². The van der Waals surface area contributed by atoms with E-state index >= 15 is 0 Å². The minimum absolute atomic E-state index is 0.0608. The van der Waals surface area contributed by atoms with Crippen molar-refractivity contribution in [2.24, 2.45) is 0 Å². The van der Waals surface area contributed by atoms with Gasteiger partial charge in [0.1, 0.15) is 18.3 Å². The molecule has 0 saturated carbocycles. The lowest BCUT2D eigenvalue weighted by Crippen LogP contribution is -2.69. The molecular weight excluding hydrogens is 575 g/mol. The SMILES string of the molecule is CC1(C)O[C@H]2[C@H](OCc3ccccc3)[C@@H](CO[Si](c3ccccc3)(c3ccccc3)C(C)(C)C)N(Cc3ccccc3)C[C@@H]2O1. The van der Waals surface area contributed by atoms with E-state index in [1.54, 1.807) is 0 Å². The second-order valence-corrected chi connectivity index (χ2v) is 18.2. The molecule has 0 bridgehead atoms. The Hall–Kier alpha value is -3.10. The Morgan fingerprint density at radius 3 is 1.78 bits per heavy atom. The van der Waals surface area contributed by atoms with Gasteiger partial charge in [0, 0.05) is 13.1 Å². The molecule has 4 atom stereocenters. The molecule has 2 fully saturated rings. The zero-order valence-electron chi connectivity index (χ0n) is 27.3. The molecular formula is C39H47NO4Si. The third kappa shape index (κ3) is 6.87. The van der Waals surface area contributed by atoms with Crippen LogP contribution in [0.15, 0.2) is 121 Å². The summed E-state index contributed by atoms with van der Waals surface area (Å²) in [6.45, 7) is 13.5. The van der Waals surface area contributed by atoms with Crippen molar-refractivity contribution in [1.29, 1.82) is 0 Å². The van der Waals surface area contributed by atoms with Crippen molar-refractivity contribution in [3.8, 4) is 0 Å². The number of hydrogen-bond donors (Lipinski definition) is 0. The van der Waals surface area contributed by atoms with Gasteiger partial charge in [-0.1, -0.05) is 142 Å². The van der Waals surface area contributed by atoms with E-state index in [2.05, 4.69) is 141 Å². The van der Waals surface area contributed by atoms with Crippen LogP contribution in [0.3, 0.4) is 0 Å². The van der Waals surface area contributed by atoms with E-state index in [1.807, 2.05) is 19.9 Å². The number of piperidine rings is 1. The highest BCUT2D eigenvalue weighted by Crippen LogP contribution is 2.40. The van der Waals surface area contributed by atoms with Crippen LogP contribution in [0.2, 0.25) is 5.04 Å². The molecule has 0 N–H and O–H groups in total. The van der Waals surface area contributed by atoms with Crippen LogP contribution in [0.5, 0.6) is 0 Å². The monoisotopic (exact) mass is 621 g/mol. The summed E-state index contributed by atoms with van der Waals surface area (Å²) in [5.74, 6) is -0.685. The molecule has 0 aliphatic carbocycles. The first-order chi connectivity index (χ1) is 21.7. The summed E-state index contributed by atoms with van der Waals surface area (Å²) >= 11 is 0. The lowest BCUT2D eigenvalue weighted by Gasteiger charge is -2.48. The maximum Gasteiger partial charge on any atom is 0.261 e. The molecule has 5 nitrogen and oxygen atoms in total. The van der Waals surface area contributed by atoms with E-state index in [4.69, 9.17) is 18.6 Å². The summed E-state index contributed by atoms with van der Waals surface area (Å²) in [6.07, 6.45) is -0.565. The van der Waals surface area contributed by atoms with E-state index in [0.29, 0.717) is 13.2 Å². The number of nitrogens with zero attached hydrogens (tertiary/aromatic N) is 1. The first-order valence-electron chi connectivity index (χ1n) is 16.2.